The third kappa shape index (κ3) is 18.3. The van der Waals surface area contributed by atoms with Gasteiger partial charge in [0.1, 0.15) is 0 Å². The standard InChI is InChI=1S/C20H32O3/c1-2-3-13-16-19(21)17-14-11-9-7-5-4-6-8-10-12-15-18-20(22)23/h4-5,9,11,14,17H,2-3,6-8,10,12-13,15-16,18H2,1H3,(H,22,23). The van der Waals surface area contributed by atoms with Gasteiger partial charge in [0, 0.05) is 12.8 Å². The minimum atomic E-state index is -0.701. The maximum Gasteiger partial charge on any atom is 0.303 e. The van der Waals surface area contributed by atoms with Crippen molar-refractivity contribution in [3.63, 3.8) is 0 Å². The molecule has 0 saturated heterocycles. The number of hydrogen-bond acceptors (Lipinski definition) is 2. The highest BCUT2D eigenvalue weighted by Crippen LogP contribution is 2.06. The minimum absolute atomic E-state index is 0.210. The van der Waals surface area contributed by atoms with Crippen LogP contribution in [0.4, 0.5) is 0 Å². The predicted molar refractivity (Wildman–Crippen MR) is 96.5 cm³/mol. The molecular formula is C20H32O3. The first-order chi connectivity index (χ1) is 11.2. The van der Waals surface area contributed by atoms with Crippen LogP contribution in [0.25, 0.3) is 0 Å². The minimum Gasteiger partial charge on any atom is -0.481 e. The second-order valence-corrected chi connectivity index (χ2v) is 5.76. The summed E-state index contributed by atoms with van der Waals surface area (Å²) in [4.78, 5) is 21.8. The zero-order valence-corrected chi connectivity index (χ0v) is 14.5. The Hall–Kier alpha value is -1.64. The van der Waals surface area contributed by atoms with Gasteiger partial charge >= 0.3 is 5.97 Å². The van der Waals surface area contributed by atoms with E-state index in [2.05, 4.69) is 19.1 Å². The largest absolute Gasteiger partial charge is 0.481 e. The quantitative estimate of drug-likeness (QED) is 0.184. The highest BCUT2D eigenvalue weighted by Gasteiger charge is 1.95. The van der Waals surface area contributed by atoms with Crippen molar-refractivity contribution < 1.29 is 14.7 Å². The molecule has 0 amide bonds. The topological polar surface area (TPSA) is 54.4 Å². The molecule has 0 aromatic carbocycles. The van der Waals surface area contributed by atoms with Crippen LogP contribution in [0.5, 0.6) is 0 Å². The molecule has 0 saturated carbocycles. The number of aliphatic carboxylic acids is 1. The van der Waals surface area contributed by atoms with Crippen LogP contribution in [0, 0.1) is 0 Å². The van der Waals surface area contributed by atoms with Crippen molar-refractivity contribution in [2.45, 2.75) is 77.6 Å². The van der Waals surface area contributed by atoms with E-state index in [1.165, 1.54) is 0 Å². The summed E-state index contributed by atoms with van der Waals surface area (Å²) in [5.41, 5.74) is 0. The van der Waals surface area contributed by atoms with Crippen LogP contribution >= 0.6 is 0 Å². The third-order valence-electron chi connectivity index (χ3n) is 3.51. The Kier molecular flexibility index (Phi) is 15.5. The van der Waals surface area contributed by atoms with Crippen LogP contribution in [-0.4, -0.2) is 16.9 Å². The maximum absolute atomic E-state index is 11.5. The molecule has 0 aromatic rings. The van der Waals surface area contributed by atoms with E-state index in [1.807, 2.05) is 18.2 Å². The monoisotopic (exact) mass is 320 g/mol. The Bertz CT molecular complexity index is 392. The molecule has 3 heteroatoms. The van der Waals surface area contributed by atoms with Crippen LogP contribution < -0.4 is 0 Å². The fourth-order valence-electron chi connectivity index (χ4n) is 2.14. The Morgan fingerprint density at radius 2 is 1.57 bits per heavy atom. The molecule has 1 N–H and O–H groups in total. The summed E-state index contributed by atoms with van der Waals surface area (Å²) in [5.74, 6) is -0.491. The van der Waals surface area contributed by atoms with Crippen molar-refractivity contribution in [3.05, 3.63) is 36.5 Å². The molecule has 0 radical (unpaired) electrons. The van der Waals surface area contributed by atoms with Gasteiger partial charge in [0.25, 0.3) is 0 Å². The summed E-state index contributed by atoms with van der Waals surface area (Å²) in [5, 5.41) is 8.51. The lowest BCUT2D eigenvalue weighted by atomic mass is 10.1. The molecule has 0 heterocycles. The molecule has 0 aliphatic rings. The van der Waals surface area contributed by atoms with Gasteiger partial charge in [-0.3, -0.25) is 9.59 Å². The second kappa shape index (κ2) is 16.7. The van der Waals surface area contributed by atoms with Gasteiger partial charge in [0.15, 0.2) is 5.78 Å². The normalized spacial score (nSPS) is 11.9. The molecule has 130 valence electrons. The van der Waals surface area contributed by atoms with E-state index in [0.29, 0.717) is 6.42 Å². The number of carbonyl (C=O) groups is 2. The first-order valence-electron chi connectivity index (χ1n) is 8.89. The zero-order valence-electron chi connectivity index (χ0n) is 14.5. The van der Waals surface area contributed by atoms with Gasteiger partial charge in [-0.2, -0.15) is 0 Å². The maximum atomic E-state index is 11.5. The molecule has 0 aromatic heterocycles. The Balaban J connectivity index is 3.47. The van der Waals surface area contributed by atoms with E-state index in [1.54, 1.807) is 6.08 Å². The van der Waals surface area contributed by atoms with Crippen LogP contribution in [0.15, 0.2) is 36.5 Å². The summed E-state index contributed by atoms with van der Waals surface area (Å²) in [6.07, 6.45) is 21.9. The van der Waals surface area contributed by atoms with Crippen LogP contribution in [0.2, 0.25) is 0 Å². The molecule has 0 bridgehead atoms. The van der Waals surface area contributed by atoms with E-state index in [4.69, 9.17) is 5.11 Å². The zero-order chi connectivity index (χ0) is 17.2. The molecule has 0 fully saturated rings. The van der Waals surface area contributed by atoms with Crippen molar-refractivity contribution >= 4 is 11.8 Å². The molecule has 0 spiro atoms. The van der Waals surface area contributed by atoms with E-state index >= 15 is 0 Å². The molecule has 0 aliphatic carbocycles. The highest BCUT2D eigenvalue weighted by molar-refractivity contribution is 5.89. The van der Waals surface area contributed by atoms with Crippen LogP contribution in [0.3, 0.4) is 0 Å². The Morgan fingerprint density at radius 3 is 2.30 bits per heavy atom. The van der Waals surface area contributed by atoms with E-state index in [0.717, 1.165) is 57.8 Å². The smallest absolute Gasteiger partial charge is 0.303 e. The lowest BCUT2D eigenvalue weighted by Gasteiger charge is -1.96. The van der Waals surface area contributed by atoms with E-state index in [-0.39, 0.29) is 12.2 Å². The number of carbonyl (C=O) groups excluding carboxylic acids is 1. The summed E-state index contributed by atoms with van der Waals surface area (Å²) < 4.78 is 0. The van der Waals surface area contributed by atoms with Gasteiger partial charge in [-0.1, -0.05) is 63.0 Å². The van der Waals surface area contributed by atoms with Gasteiger partial charge in [0.2, 0.25) is 0 Å². The first-order valence-corrected chi connectivity index (χ1v) is 8.89. The molecule has 0 atom stereocenters. The Morgan fingerprint density at radius 1 is 0.826 bits per heavy atom. The van der Waals surface area contributed by atoms with Crippen molar-refractivity contribution in [3.8, 4) is 0 Å². The average Bonchev–Trinajstić information content (AvgIpc) is 2.51. The second-order valence-electron chi connectivity index (χ2n) is 5.76. The Labute approximate surface area is 141 Å². The summed E-state index contributed by atoms with van der Waals surface area (Å²) in [6.45, 7) is 2.13. The highest BCUT2D eigenvalue weighted by atomic mass is 16.4. The number of rotatable bonds is 15. The summed E-state index contributed by atoms with van der Waals surface area (Å²) in [6, 6.07) is 0. The van der Waals surface area contributed by atoms with Crippen molar-refractivity contribution in [1.82, 2.24) is 0 Å². The number of ketones is 1. The van der Waals surface area contributed by atoms with Gasteiger partial charge in [0.05, 0.1) is 0 Å². The number of carboxylic acids is 1. The number of hydrogen-bond donors (Lipinski definition) is 1. The molecule has 3 nitrogen and oxygen atoms in total. The van der Waals surface area contributed by atoms with Gasteiger partial charge in [-0.05, 0) is 38.2 Å². The van der Waals surface area contributed by atoms with Crippen molar-refractivity contribution in [2.24, 2.45) is 0 Å². The number of allylic oxidation sites excluding steroid dienone is 6. The average molecular weight is 320 g/mol. The van der Waals surface area contributed by atoms with Crippen molar-refractivity contribution in [1.29, 1.82) is 0 Å². The number of unbranched alkanes of at least 4 members (excludes halogenated alkanes) is 6. The van der Waals surface area contributed by atoms with Crippen LogP contribution in [-0.2, 0) is 9.59 Å². The lowest BCUT2D eigenvalue weighted by Crippen LogP contribution is -1.93. The first kappa shape index (κ1) is 21.4. The SMILES string of the molecule is CCCCCC(=O)C=CC=CCC=CCCCCCCC(=O)O. The molecule has 0 rings (SSSR count). The summed E-state index contributed by atoms with van der Waals surface area (Å²) >= 11 is 0. The van der Waals surface area contributed by atoms with E-state index in [9.17, 15) is 9.59 Å². The molecule has 0 unspecified atom stereocenters. The summed E-state index contributed by atoms with van der Waals surface area (Å²) in [7, 11) is 0. The molecular weight excluding hydrogens is 288 g/mol. The van der Waals surface area contributed by atoms with E-state index < -0.39 is 5.97 Å². The lowest BCUT2D eigenvalue weighted by molar-refractivity contribution is -0.137. The molecule has 0 aliphatic heterocycles. The molecule has 23 heavy (non-hydrogen) atoms. The number of carboxylic acid groups (broad SMARTS) is 1. The van der Waals surface area contributed by atoms with Crippen molar-refractivity contribution in [2.75, 3.05) is 0 Å². The fourth-order valence-corrected chi connectivity index (χ4v) is 2.14. The third-order valence-corrected chi connectivity index (χ3v) is 3.51. The fraction of sp³-hybridized carbons (Fsp3) is 0.600. The van der Waals surface area contributed by atoms with Gasteiger partial charge in [-0.25, -0.2) is 0 Å². The van der Waals surface area contributed by atoms with Crippen LogP contribution in [0.1, 0.15) is 77.6 Å². The van der Waals surface area contributed by atoms with Gasteiger partial charge in [-0.15, -0.1) is 0 Å². The predicted octanol–water partition coefficient (Wildman–Crippen LogP) is 5.62. The van der Waals surface area contributed by atoms with Gasteiger partial charge < -0.3 is 5.11 Å².